The number of nitrogens with zero attached hydrogens (tertiary/aromatic N) is 1. The topological polar surface area (TPSA) is 24.5 Å². The van der Waals surface area contributed by atoms with Crippen molar-refractivity contribution < 1.29 is 4.74 Å². The van der Waals surface area contributed by atoms with Crippen molar-refractivity contribution in [2.24, 2.45) is 11.8 Å². The third kappa shape index (κ3) is 6.87. The molecule has 0 radical (unpaired) electrons. The monoisotopic (exact) mass is 394 g/mol. The van der Waals surface area contributed by atoms with Gasteiger partial charge in [0, 0.05) is 32.9 Å². The van der Waals surface area contributed by atoms with Gasteiger partial charge >= 0.3 is 0 Å². The lowest BCUT2D eigenvalue weighted by Crippen LogP contribution is -2.38. The van der Waals surface area contributed by atoms with Gasteiger partial charge in [-0.3, -0.25) is 0 Å². The predicted molar refractivity (Wildman–Crippen MR) is 123 cm³/mol. The minimum atomic E-state index is 0.0134. The van der Waals surface area contributed by atoms with Gasteiger partial charge in [-0.15, -0.1) is 0 Å². The maximum absolute atomic E-state index is 5.99. The first-order chi connectivity index (χ1) is 13.9. The maximum Gasteiger partial charge on any atom is 0.0629 e. The molecule has 2 aromatic carbocycles. The van der Waals surface area contributed by atoms with Gasteiger partial charge in [-0.1, -0.05) is 42.5 Å². The van der Waals surface area contributed by atoms with Crippen LogP contribution in [0.5, 0.6) is 0 Å². The van der Waals surface area contributed by atoms with Crippen LogP contribution in [0.15, 0.2) is 54.6 Å². The van der Waals surface area contributed by atoms with Gasteiger partial charge in [0.05, 0.1) is 5.60 Å². The Bertz CT molecular complexity index is 724. The Morgan fingerprint density at radius 2 is 1.76 bits per heavy atom. The second kappa shape index (κ2) is 10.3. The summed E-state index contributed by atoms with van der Waals surface area (Å²) in [6.07, 6.45) is 4.73. The lowest BCUT2D eigenvalue weighted by atomic mass is 9.75. The first-order valence-corrected chi connectivity index (χ1v) is 11.1. The summed E-state index contributed by atoms with van der Waals surface area (Å²) in [5, 5.41) is 3.68. The smallest absolute Gasteiger partial charge is 0.0629 e. The summed E-state index contributed by atoms with van der Waals surface area (Å²) >= 11 is 0. The van der Waals surface area contributed by atoms with E-state index in [4.69, 9.17) is 4.74 Å². The lowest BCUT2D eigenvalue weighted by molar-refractivity contribution is -0.0830. The molecule has 0 aromatic heterocycles. The fraction of sp³-hybridized carbons (Fsp3) is 0.538. The van der Waals surface area contributed by atoms with E-state index in [0.717, 1.165) is 32.0 Å². The number of ether oxygens (including phenoxy) is 1. The SMILES string of the molecule is CN(C)c1ccc(CNCC[C@@H](Cc2ccccc2)[C@@H]2CCOC(C)(C)C2)cc1. The number of benzene rings is 2. The summed E-state index contributed by atoms with van der Waals surface area (Å²) in [6.45, 7) is 7.38. The second-order valence-electron chi connectivity index (χ2n) is 9.34. The summed E-state index contributed by atoms with van der Waals surface area (Å²) in [4.78, 5) is 2.14. The van der Waals surface area contributed by atoms with Crippen molar-refractivity contribution in [1.82, 2.24) is 5.32 Å². The fourth-order valence-electron chi connectivity index (χ4n) is 4.53. The van der Waals surface area contributed by atoms with Crippen molar-refractivity contribution >= 4 is 5.69 Å². The van der Waals surface area contributed by atoms with Crippen LogP contribution < -0.4 is 10.2 Å². The Hall–Kier alpha value is -1.84. The van der Waals surface area contributed by atoms with Crippen LogP contribution in [-0.2, 0) is 17.7 Å². The van der Waals surface area contributed by atoms with Crippen LogP contribution in [0.1, 0.15) is 44.2 Å². The van der Waals surface area contributed by atoms with Crippen LogP contribution in [0.2, 0.25) is 0 Å². The highest BCUT2D eigenvalue weighted by Gasteiger charge is 2.33. The Labute approximate surface area is 177 Å². The van der Waals surface area contributed by atoms with E-state index in [0.29, 0.717) is 5.92 Å². The normalized spacial score (nSPS) is 19.7. The molecule has 0 spiro atoms. The van der Waals surface area contributed by atoms with Crippen LogP contribution >= 0.6 is 0 Å². The molecule has 0 aliphatic carbocycles. The third-order valence-electron chi connectivity index (χ3n) is 6.22. The molecule has 3 nitrogen and oxygen atoms in total. The molecule has 1 aliphatic heterocycles. The zero-order valence-electron chi connectivity index (χ0n) is 18.7. The van der Waals surface area contributed by atoms with Gasteiger partial charge < -0.3 is 15.0 Å². The van der Waals surface area contributed by atoms with Crippen LogP contribution in [0.3, 0.4) is 0 Å². The van der Waals surface area contributed by atoms with E-state index >= 15 is 0 Å². The first-order valence-electron chi connectivity index (χ1n) is 11.1. The molecule has 2 atom stereocenters. The Balaban J connectivity index is 1.55. The molecule has 3 heteroatoms. The van der Waals surface area contributed by atoms with Crippen LogP contribution in [0.4, 0.5) is 5.69 Å². The Morgan fingerprint density at radius 3 is 2.41 bits per heavy atom. The van der Waals surface area contributed by atoms with Gasteiger partial charge in [-0.2, -0.15) is 0 Å². The second-order valence-corrected chi connectivity index (χ2v) is 9.34. The van der Waals surface area contributed by atoms with Crippen molar-refractivity contribution in [2.45, 2.75) is 51.7 Å². The van der Waals surface area contributed by atoms with Crippen molar-refractivity contribution in [1.29, 1.82) is 0 Å². The first kappa shape index (κ1) is 21.9. The maximum atomic E-state index is 5.99. The van der Waals surface area contributed by atoms with E-state index in [2.05, 4.69) is 92.8 Å². The van der Waals surface area contributed by atoms with E-state index in [1.165, 1.54) is 36.1 Å². The zero-order valence-corrected chi connectivity index (χ0v) is 18.7. The molecule has 158 valence electrons. The zero-order chi connectivity index (χ0) is 20.7. The van der Waals surface area contributed by atoms with Gasteiger partial charge in [0.15, 0.2) is 0 Å². The summed E-state index contributed by atoms with van der Waals surface area (Å²) in [6, 6.07) is 19.8. The van der Waals surface area contributed by atoms with Gasteiger partial charge in [-0.05, 0) is 81.2 Å². The largest absolute Gasteiger partial charge is 0.378 e. The van der Waals surface area contributed by atoms with Crippen LogP contribution in [0, 0.1) is 11.8 Å². The average Bonchev–Trinajstić information content (AvgIpc) is 2.70. The molecule has 1 N–H and O–H groups in total. The molecule has 1 saturated heterocycles. The van der Waals surface area contributed by atoms with Crippen LogP contribution in [-0.4, -0.2) is 32.8 Å². The van der Waals surface area contributed by atoms with E-state index in [-0.39, 0.29) is 5.60 Å². The summed E-state index contributed by atoms with van der Waals surface area (Å²) in [5.41, 5.74) is 4.07. The van der Waals surface area contributed by atoms with Crippen LogP contribution in [0.25, 0.3) is 0 Å². The predicted octanol–water partition coefficient (Wildman–Crippen LogP) is 5.30. The van der Waals surface area contributed by atoms with Crippen molar-refractivity contribution in [3.63, 3.8) is 0 Å². The van der Waals surface area contributed by atoms with E-state index in [9.17, 15) is 0 Å². The van der Waals surface area contributed by atoms with E-state index in [1.807, 2.05) is 0 Å². The number of rotatable bonds is 9. The molecule has 1 fully saturated rings. The molecule has 2 aromatic rings. The minimum absolute atomic E-state index is 0.0134. The molecule has 29 heavy (non-hydrogen) atoms. The van der Waals surface area contributed by atoms with E-state index in [1.54, 1.807) is 0 Å². The lowest BCUT2D eigenvalue weighted by Gasteiger charge is -2.39. The number of hydrogen-bond donors (Lipinski definition) is 1. The van der Waals surface area contributed by atoms with Gasteiger partial charge in [0.1, 0.15) is 0 Å². The molecule has 3 rings (SSSR count). The molecule has 0 amide bonds. The van der Waals surface area contributed by atoms with E-state index < -0.39 is 0 Å². The minimum Gasteiger partial charge on any atom is -0.378 e. The standard InChI is InChI=1S/C26H38N2O/c1-26(2)19-24(15-17-29-26)23(18-21-8-6-5-7-9-21)14-16-27-20-22-10-12-25(13-11-22)28(3)4/h5-13,23-24,27H,14-20H2,1-4H3/t23-,24+/m0/s1. The summed E-state index contributed by atoms with van der Waals surface area (Å²) < 4.78 is 5.99. The molecule has 0 unspecified atom stereocenters. The van der Waals surface area contributed by atoms with Crippen molar-refractivity contribution in [2.75, 3.05) is 32.1 Å². The summed E-state index contributed by atoms with van der Waals surface area (Å²) in [5.74, 6) is 1.43. The number of anilines is 1. The van der Waals surface area contributed by atoms with Gasteiger partial charge in [0.2, 0.25) is 0 Å². The third-order valence-corrected chi connectivity index (χ3v) is 6.22. The highest BCUT2D eigenvalue weighted by Crippen LogP contribution is 2.36. The van der Waals surface area contributed by atoms with Crippen molar-refractivity contribution in [3.8, 4) is 0 Å². The molecule has 1 heterocycles. The van der Waals surface area contributed by atoms with Gasteiger partial charge in [-0.25, -0.2) is 0 Å². The molecule has 0 saturated carbocycles. The average molecular weight is 395 g/mol. The number of nitrogens with one attached hydrogen (secondary N) is 1. The Morgan fingerprint density at radius 1 is 1.03 bits per heavy atom. The van der Waals surface area contributed by atoms with Crippen molar-refractivity contribution in [3.05, 3.63) is 65.7 Å². The fourth-order valence-corrected chi connectivity index (χ4v) is 4.53. The molecular weight excluding hydrogens is 356 g/mol. The summed E-state index contributed by atoms with van der Waals surface area (Å²) in [7, 11) is 4.16. The molecular formula is C26H38N2O. The Kier molecular flexibility index (Phi) is 7.74. The molecule has 0 bridgehead atoms. The number of hydrogen-bond acceptors (Lipinski definition) is 3. The quantitative estimate of drug-likeness (QED) is 0.584. The van der Waals surface area contributed by atoms with Gasteiger partial charge in [0.25, 0.3) is 0 Å². The molecule has 1 aliphatic rings. The highest BCUT2D eigenvalue weighted by atomic mass is 16.5. The highest BCUT2D eigenvalue weighted by molar-refractivity contribution is 5.45.